The minimum absolute atomic E-state index is 0.0202. The number of hydrogen-bond acceptors (Lipinski definition) is 6. The molecule has 4 atom stereocenters. The predicted octanol–water partition coefficient (Wildman–Crippen LogP) is 4.97. The van der Waals surface area contributed by atoms with Crippen molar-refractivity contribution in [3.8, 4) is 17.2 Å². The van der Waals surface area contributed by atoms with Crippen molar-refractivity contribution >= 4 is 17.1 Å². The monoisotopic (exact) mass is 637 g/mol. The van der Waals surface area contributed by atoms with Gasteiger partial charge in [-0.3, -0.25) is 9.59 Å². The highest BCUT2D eigenvalue weighted by atomic mass is 16.5. The number of ketones is 2. The first-order chi connectivity index (χ1) is 23.4. The second kappa shape index (κ2) is 11.1. The van der Waals surface area contributed by atoms with Crippen LogP contribution < -0.4 is 16.1 Å². The van der Waals surface area contributed by atoms with E-state index in [-0.39, 0.29) is 30.3 Å². The van der Waals surface area contributed by atoms with E-state index in [1.165, 1.54) is 34.7 Å². The number of hydrogen-bond donors (Lipinski definition) is 1. The highest BCUT2D eigenvalue weighted by Crippen LogP contribution is 2.62. The van der Waals surface area contributed by atoms with Crippen molar-refractivity contribution in [2.45, 2.75) is 30.3 Å². The third-order valence-electron chi connectivity index (χ3n) is 10.2. The smallest absolute Gasteiger partial charge is 0.352 e. The van der Waals surface area contributed by atoms with Crippen LogP contribution in [0.2, 0.25) is 0 Å². The lowest BCUT2D eigenvalue weighted by Crippen LogP contribution is -2.58. The fraction of sp³-hybridized carbons (Fsp3) is 0.179. The van der Waals surface area contributed by atoms with Gasteiger partial charge in [0.25, 0.3) is 0 Å². The molecule has 2 heterocycles. The Hall–Kier alpha value is -5.96. The lowest BCUT2D eigenvalue weighted by molar-refractivity contribution is -0.133. The van der Waals surface area contributed by atoms with E-state index in [1.807, 2.05) is 72.8 Å². The van der Waals surface area contributed by atoms with Gasteiger partial charge < -0.3 is 9.84 Å². The van der Waals surface area contributed by atoms with Crippen LogP contribution in [0.1, 0.15) is 35.1 Å². The molecule has 0 saturated heterocycles. The Morgan fingerprint density at radius 2 is 1.48 bits per heavy atom. The molecule has 9 heteroatoms. The van der Waals surface area contributed by atoms with Crippen molar-refractivity contribution in [2.24, 2.45) is 5.92 Å². The van der Waals surface area contributed by atoms with Gasteiger partial charge in [0.15, 0.2) is 11.6 Å². The van der Waals surface area contributed by atoms with E-state index < -0.39 is 34.7 Å². The number of aromatic nitrogens is 3. The van der Waals surface area contributed by atoms with E-state index in [4.69, 9.17) is 4.74 Å². The van der Waals surface area contributed by atoms with Crippen molar-refractivity contribution in [1.29, 1.82) is 0 Å². The van der Waals surface area contributed by atoms with Gasteiger partial charge in [0.1, 0.15) is 11.5 Å². The summed E-state index contributed by atoms with van der Waals surface area (Å²) in [4.78, 5) is 58.2. The van der Waals surface area contributed by atoms with Crippen molar-refractivity contribution in [3.63, 3.8) is 0 Å². The number of fused-ring (bicyclic) bond motifs is 4. The standard InChI is InChI=1S/C39H31N3O6/c1-48-33-21-27(43)17-18-29(33)35-28-19-20-40-37(46)41(26-15-9-4-10-16-26)38(47)42(40)32(28)23-31-36(45)30(24-11-5-2-6-12-24)22-34(44)39(31,35)25-13-7-3-8-14-25/h2-19,21-22,31-32,35,43H,20,23H2,1H3/t31-,32+,35+,39-/m0/s1. The molecular formula is C39H31N3O6. The lowest BCUT2D eigenvalue weighted by Gasteiger charge is -2.54. The van der Waals surface area contributed by atoms with Crippen molar-refractivity contribution in [2.75, 3.05) is 7.11 Å². The van der Waals surface area contributed by atoms with Crippen LogP contribution in [0.25, 0.3) is 11.3 Å². The molecule has 1 fully saturated rings. The normalized spacial score (nSPS) is 23.0. The van der Waals surface area contributed by atoms with E-state index in [0.29, 0.717) is 33.7 Å². The van der Waals surface area contributed by atoms with E-state index in [2.05, 4.69) is 0 Å². The van der Waals surface area contributed by atoms with E-state index in [0.717, 1.165) is 10.1 Å². The average molecular weight is 638 g/mol. The Morgan fingerprint density at radius 1 is 0.812 bits per heavy atom. The first-order valence-corrected chi connectivity index (χ1v) is 15.8. The molecule has 1 N–H and O–H groups in total. The number of Topliss-reactive ketones (excluding diaryl/α,β-unsaturated/α-hetero) is 1. The number of methoxy groups -OCH3 is 1. The maximum absolute atomic E-state index is 15.1. The SMILES string of the molecule is COc1cc(O)ccc1[C@H]1C2=CCn3c(=O)n(-c4ccccc4)c(=O)n3[C@@H]2C[C@H]2C(=O)C(c3ccccc3)=CC(=O)[C@@]12c1ccccc1. The quantitative estimate of drug-likeness (QED) is 0.273. The zero-order chi connectivity index (χ0) is 33.2. The first-order valence-electron chi connectivity index (χ1n) is 15.8. The van der Waals surface area contributed by atoms with Crippen LogP contribution in [-0.4, -0.2) is 37.7 Å². The second-order valence-corrected chi connectivity index (χ2v) is 12.4. The summed E-state index contributed by atoms with van der Waals surface area (Å²) in [5.74, 6) is -1.86. The van der Waals surface area contributed by atoms with Crippen LogP contribution in [0.15, 0.2) is 137 Å². The topological polar surface area (TPSA) is 113 Å². The molecule has 0 amide bonds. The van der Waals surface area contributed by atoms with Crippen molar-refractivity contribution in [1.82, 2.24) is 13.9 Å². The van der Waals surface area contributed by atoms with Crippen LogP contribution in [0.3, 0.4) is 0 Å². The molecule has 3 aliphatic rings. The van der Waals surface area contributed by atoms with Gasteiger partial charge in [0.2, 0.25) is 0 Å². The number of allylic oxidation sites excluding steroid dienone is 4. The van der Waals surface area contributed by atoms with Crippen molar-refractivity contribution < 1.29 is 19.4 Å². The van der Waals surface area contributed by atoms with Gasteiger partial charge in [-0.2, -0.15) is 0 Å². The van der Waals surface area contributed by atoms with E-state index in [1.54, 1.807) is 30.3 Å². The number of para-hydroxylation sites is 1. The molecule has 0 spiro atoms. The maximum atomic E-state index is 15.1. The number of aromatic hydroxyl groups is 1. The molecule has 0 radical (unpaired) electrons. The Kier molecular flexibility index (Phi) is 6.80. The molecule has 48 heavy (non-hydrogen) atoms. The molecule has 1 aromatic heterocycles. The summed E-state index contributed by atoms with van der Waals surface area (Å²) in [5.41, 5.74) is 0.912. The Morgan fingerprint density at radius 3 is 2.17 bits per heavy atom. The van der Waals surface area contributed by atoms with Crippen LogP contribution in [-0.2, 0) is 21.5 Å². The van der Waals surface area contributed by atoms with Crippen LogP contribution >= 0.6 is 0 Å². The number of carbonyl (C=O) groups is 2. The highest BCUT2D eigenvalue weighted by molar-refractivity contribution is 6.31. The summed E-state index contributed by atoms with van der Waals surface area (Å²) in [6.45, 7) is 0.0828. The third-order valence-corrected chi connectivity index (χ3v) is 10.2. The zero-order valence-corrected chi connectivity index (χ0v) is 26.0. The largest absolute Gasteiger partial charge is 0.508 e. The first kappa shape index (κ1) is 29.4. The van der Waals surface area contributed by atoms with Gasteiger partial charge in [-0.05, 0) is 47.4 Å². The molecule has 8 rings (SSSR count). The molecule has 1 saturated carbocycles. The minimum Gasteiger partial charge on any atom is -0.508 e. The molecule has 1 aliphatic heterocycles. The van der Waals surface area contributed by atoms with Gasteiger partial charge in [-0.1, -0.05) is 91.0 Å². The number of phenolic OH excluding ortho intramolecular Hbond substituents is 1. The second-order valence-electron chi connectivity index (χ2n) is 12.4. The van der Waals surface area contributed by atoms with E-state index >= 15 is 4.79 Å². The number of carbonyl (C=O) groups excluding carboxylic acids is 2. The zero-order valence-electron chi connectivity index (χ0n) is 26.0. The number of phenols is 1. The van der Waals surface area contributed by atoms with Crippen LogP contribution in [0, 0.1) is 5.92 Å². The number of rotatable bonds is 5. The van der Waals surface area contributed by atoms with Gasteiger partial charge in [-0.25, -0.2) is 23.5 Å². The summed E-state index contributed by atoms with van der Waals surface area (Å²) in [6, 6.07) is 31.2. The molecule has 0 bridgehead atoms. The molecule has 2 aliphatic carbocycles. The fourth-order valence-corrected chi connectivity index (χ4v) is 8.22. The van der Waals surface area contributed by atoms with Gasteiger partial charge in [0, 0.05) is 29.0 Å². The minimum atomic E-state index is -1.42. The summed E-state index contributed by atoms with van der Waals surface area (Å²) < 4.78 is 9.83. The Bertz CT molecular complexity index is 2280. The number of nitrogens with zero attached hydrogens (tertiary/aromatic N) is 3. The molecule has 5 aromatic rings. The highest BCUT2D eigenvalue weighted by Gasteiger charge is 2.63. The summed E-state index contributed by atoms with van der Waals surface area (Å²) in [6.07, 6.45) is 3.48. The van der Waals surface area contributed by atoms with Gasteiger partial charge >= 0.3 is 11.4 Å². The summed E-state index contributed by atoms with van der Waals surface area (Å²) in [7, 11) is 1.49. The van der Waals surface area contributed by atoms with Gasteiger partial charge in [0.05, 0.1) is 30.8 Å². The Balaban J connectivity index is 1.44. The molecule has 9 nitrogen and oxygen atoms in total. The maximum Gasteiger partial charge on any atom is 0.352 e. The summed E-state index contributed by atoms with van der Waals surface area (Å²) >= 11 is 0. The van der Waals surface area contributed by atoms with E-state index in [9.17, 15) is 19.5 Å². The lowest BCUT2D eigenvalue weighted by atomic mass is 9.47. The molecule has 238 valence electrons. The molecule has 0 unspecified atom stereocenters. The fourth-order valence-electron chi connectivity index (χ4n) is 8.22. The average Bonchev–Trinajstić information content (AvgIpc) is 3.39. The third kappa shape index (κ3) is 4.10. The Labute approximate surface area is 275 Å². The predicted molar refractivity (Wildman–Crippen MR) is 179 cm³/mol. The summed E-state index contributed by atoms with van der Waals surface area (Å²) in [5, 5.41) is 10.5. The molecular weight excluding hydrogens is 606 g/mol. The van der Waals surface area contributed by atoms with Gasteiger partial charge in [-0.15, -0.1) is 0 Å². The molecule has 4 aromatic carbocycles. The van der Waals surface area contributed by atoms with Crippen LogP contribution in [0.5, 0.6) is 11.5 Å². The van der Waals surface area contributed by atoms with Crippen molar-refractivity contribution in [3.05, 3.63) is 165 Å². The number of ether oxygens (including phenoxy) is 1. The number of benzene rings is 4. The van der Waals surface area contributed by atoms with Crippen LogP contribution in [0.4, 0.5) is 0 Å².